The van der Waals surface area contributed by atoms with Gasteiger partial charge >= 0.3 is 18.2 Å². The molecule has 1 rings (SSSR count). The largest absolute Gasteiger partial charge is 0.689 e. The number of carbonyl (C=O) groups is 1. The molecule has 0 aromatic carbocycles. The first-order chi connectivity index (χ1) is 5.50. The van der Waals surface area contributed by atoms with Gasteiger partial charge in [0, 0.05) is 0 Å². The Morgan fingerprint density at radius 1 is 1.33 bits per heavy atom. The minimum atomic E-state index is -5.01. The molecule has 0 unspecified atom stereocenters. The normalized spacial score (nSPS) is 15.4. The summed E-state index contributed by atoms with van der Waals surface area (Å²) in [5.74, 6) is -2.33. The molecule has 0 atom stereocenters. The summed E-state index contributed by atoms with van der Waals surface area (Å²) in [6.07, 6.45) is -2.79. The van der Waals surface area contributed by atoms with Crippen LogP contribution in [0.25, 0.3) is 0 Å². The molecule has 1 aliphatic rings. The molecule has 0 aliphatic carbocycles. The molecule has 0 aromatic rings. The average molecular weight is 179 g/mol. The van der Waals surface area contributed by atoms with Crippen LogP contribution in [0.3, 0.4) is 0 Å². The predicted octanol–water partition coefficient (Wildman–Crippen LogP) is 0.886. The Balaban J connectivity index is 2.75. The van der Waals surface area contributed by atoms with Gasteiger partial charge in [0.1, 0.15) is 0 Å². The predicted molar refractivity (Wildman–Crippen MR) is 33.4 cm³/mol. The zero-order valence-electron chi connectivity index (χ0n) is 5.50. The van der Waals surface area contributed by atoms with Gasteiger partial charge in [-0.3, -0.25) is 0 Å². The van der Waals surface area contributed by atoms with Gasteiger partial charge in [0.25, 0.3) is 0 Å². The molecule has 64 valence electrons. The number of hydrogen-bond donors (Lipinski definition) is 0. The first kappa shape index (κ1) is 8.57. The van der Waals surface area contributed by atoms with Crippen LogP contribution < -0.4 is 0 Å². The summed E-state index contributed by atoms with van der Waals surface area (Å²) in [6, 6.07) is -0.600. The molecule has 0 fully saturated rings. The van der Waals surface area contributed by atoms with Crippen LogP contribution in [0.15, 0.2) is 9.98 Å². The molecular weight excluding hydrogens is 177 g/mol. The van der Waals surface area contributed by atoms with E-state index in [2.05, 4.69) is 14.4 Å². The third kappa shape index (κ3) is 1.97. The van der Waals surface area contributed by atoms with E-state index >= 15 is 0 Å². The van der Waals surface area contributed by atoms with E-state index in [1.165, 1.54) is 0 Å². The van der Waals surface area contributed by atoms with E-state index < -0.39 is 18.2 Å². The SMILES string of the molecule is O=C([O+]=C1N=CC=N1)C(F)(F)F. The molecule has 0 N–H and O–H groups in total. The van der Waals surface area contributed by atoms with E-state index in [0.717, 1.165) is 12.4 Å². The maximum atomic E-state index is 11.5. The summed E-state index contributed by atoms with van der Waals surface area (Å²) in [5.41, 5.74) is 0. The summed E-state index contributed by atoms with van der Waals surface area (Å²) < 4.78 is 38.3. The van der Waals surface area contributed by atoms with E-state index in [1.54, 1.807) is 0 Å². The molecule has 7 heteroatoms. The van der Waals surface area contributed by atoms with Gasteiger partial charge in [0.05, 0.1) is 17.2 Å². The first-order valence-electron chi connectivity index (χ1n) is 2.73. The Hall–Kier alpha value is -1.53. The van der Waals surface area contributed by atoms with Crippen LogP contribution in [0.2, 0.25) is 0 Å². The summed E-state index contributed by atoms with van der Waals surface area (Å²) >= 11 is 0. The minimum Gasteiger partial charge on any atom is -0.224 e. The lowest BCUT2D eigenvalue weighted by Gasteiger charge is -1.87. The van der Waals surface area contributed by atoms with E-state index in [0.29, 0.717) is 0 Å². The van der Waals surface area contributed by atoms with Crippen molar-refractivity contribution >= 4 is 24.4 Å². The van der Waals surface area contributed by atoms with Crippen LogP contribution in [0.1, 0.15) is 0 Å². The first-order valence-corrected chi connectivity index (χ1v) is 2.73. The van der Waals surface area contributed by atoms with Crippen LogP contribution in [0, 0.1) is 0 Å². The van der Waals surface area contributed by atoms with Gasteiger partial charge in [-0.2, -0.15) is 23.2 Å². The van der Waals surface area contributed by atoms with Crippen LogP contribution in [-0.4, -0.2) is 30.6 Å². The molecule has 0 aromatic heterocycles. The highest BCUT2D eigenvalue weighted by Gasteiger charge is 2.52. The number of urea groups is 1. The van der Waals surface area contributed by atoms with Gasteiger partial charge in [-0.05, 0) is 0 Å². The number of hydrogen-bond acceptors (Lipinski definition) is 1. The lowest BCUT2D eigenvalue weighted by Crippen LogP contribution is -2.19. The second-order valence-corrected chi connectivity index (χ2v) is 1.73. The van der Waals surface area contributed by atoms with Crippen molar-refractivity contribution in [2.75, 3.05) is 0 Å². The Morgan fingerprint density at radius 3 is 2.25 bits per heavy atom. The highest BCUT2D eigenvalue weighted by molar-refractivity contribution is 6.25. The molecule has 1 aliphatic heterocycles. The maximum Gasteiger partial charge on any atom is 0.689 e. The zero-order valence-corrected chi connectivity index (χ0v) is 5.50. The molecule has 0 radical (unpaired) electrons. The number of halogens is 3. The van der Waals surface area contributed by atoms with Crippen molar-refractivity contribution in [3.05, 3.63) is 0 Å². The third-order valence-corrected chi connectivity index (χ3v) is 0.852. The number of amides is 2. The molecule has 1 heterocycles. The van der Waals surface area contributed by atoms with Gasteiger partial charge in [-0.25, -0.2) is 4.42 Å². The summed E-state index contributed by atoms with van der Waals surface area (Å²) in [6.45, 7) is 0. The summed E-state index contributed by atoms with van der Waals surface area (Å²) in [7, 11) is 0. The maximum absolute atomic E-state index is 11.5. The van der Waals surface area contributed by atoms with Crippen molar-refractivity contribution in [1.29, 1.82) is 0 Å². The fraction of sp³-hybridized carbons (Fsp3) is 0.200. The third-order valence-electron chi connectivity index (χ3n) is 0.852. The number of alkyl halides is 3. The second kappa shape index (κ2) is 2.84. The number of aliphatic imine (C=N–C) groups is 2. The number of rotatable bonds is 0. The standard InChI is InChI=1S/C5H2F3N2O2/c6-5(7,8)3(11)12-4-9-1-2-10-4/h1-2H/q+1. The lowest BCUT2D eigenvalue weighted by molar-refractivity contribution is -0.246. The monoisotopic (exact) mass is 179 g/mol. The number of carbonyl (C=O) groups excluding carboxylic acids is 2. The van der Waals surface area contributed by atoms with Crippen LogP contribution in [-0.2, 0) is 4.79 Å². The van der Waals surface area contributed by atoms with E-state index in [1.807, 2.05) is 0 Å². The Labute approximate surface area is 64.1 Å². The van der Waals surface area contributed by atoms with Crippen molar-refractivity contribution in [2.45, 2.75) is 6.18 Å². The Kier molecular flexibility index (Phi) is 2.03. The molecule has 4 nitrogen and oxygen atoms in total. The molecule has 0 saturated carbocycles. The van der Waals surface area contributed by atoms with Crippen LogP contribution >= 0.6 is 0 Å². The Morgan fingerprint density at radius 2 is 1.83 bits per heavy atom. The van der Waals surface area contributed by atoms with Gasteiger partial charge < -0.3 is 0 Å². The smallest absolute Gasteiger partial charge is 0.224 e. The van der Waals surface area contributed by atoms with Crippen molar-refractivity contribution in [3.8, 4) is 0 Å². The van der Waals surface area contributed by atoms with Crippen molar-refractivity contribution in [2.24, 2.45) is 9.98 Å². The summed E-state index contributed by atoms with van der Waals surface area (Å²) in [4.78, 5) is 16.5. The highest BCUT2D eigenvalue weighted by Crippen LogP contribution is 2.18. The van der Waals surface area contributed by atoms with Crippen LogP contribution in [0.5, 0.6) is 0 Å². The highest BCUT2D eigenvalue weighted by atomic mass is 19.4. The number of nitrogens with zero attached hydrogens (tertiary/aromatic N) is 2. The molecule has 0 bridgehead atoms. The van der Waals surface area contributed by atoms with Crippen LogP contribution in [0.4, 0.5) is 17.6 Å². The Bertz CT molecular complexity index is 276. The van der Waals surface area contributed by atoms with E-state index in [9.17, 15) is 18.0 Å². The van der Waals surface area contributed by atoms with Gasteiger partial charge in [0.15, 0.2) is 0 Å². The van der Waals surface area contributed by atoms with Crippen molar-refractivity contribution < 1.29 is 22.4 Å². The molecule has 12 heavy (non-hydrogen) atoms. The van der Waals surface area contributed by atoms with Gasteiger partial charge in [0.2, 0.25) is 0 Å². The molecule has 0 spiro atoms. The second-order valence-electron chi connectivity index (χ2n) is 1.73. The molecule has 2 amide bonds. The lowest BCUT2D eigenvalue weighted by atomic mass is 10.7. The van der Waals surface area contributed by atoms with Gasteiger partial charge in [-0.1, -0.05) is 0 Å². The molecule has 0 saturated heterocycles. The van der Waals surface area contributed by atoms with Crippen molar-refractivity contribution in [1.82, 2.24) is 0 Å². The fourth-order valence-corrected chi connectivity index (χ4v) is 0.421. The fourth-order valence-electron chi connectivity index (χ4n) is 0.421. The van der Waals surface area contributed by atoms with E-state index in [-0.39, 0.29) is 0 Å². The van der Waals surface area contributed by atoms with Gasteiger partial charge in [-0.15, -0.1) is 0 Å². The molecular formula is C5H2F3N2O2+. The quantitative estimate of drug-likeness (QED) is 0.509. The van der Waals surface area contributed by atoms with E-state index in [4.69, 9.17) is 0 Å². The topological polar surface area (TPSA) is 53.1 Å². The minimum absolute atomic E-state index is 0.600. The van der Waals surface area contributed by atoms with Crippen molar-refractivity contribution in [3.63, 3.8) is 0 Å². The summed E-state index contributed by atoms with van der Waals surface area (Å²) in [5, 5.41) is 0. The average Bonchev–Trinajstić information content (AvgIpc) is 2.37. The zero-order chi connectivity index (χ0) is 9.19.